The molecule has 4 aliphatic rings. The zero-order valence-electron chi connectivity index (χ0n) is 17.4. The van der Waals surface area contributed by atoms with Crippen LogP contribution < -0.4 is 0 Å². The Morgan fingerprint density at radius 3 is 2.67 bits per heavy atom. The maximum absolute atomic E-state index is 13.1. The summed E-state index contributed by atoms with van der Waals surface area (Å²) in [5.41, 5.74) is 0.464. The highest BCUT2D eigenvalue weighted by molar-refractivity contribution is 6.01. The highest BCUT2D eigenvalue weighted by Gasteiger charge is 2.68. The van der Waals surface area contributed by atoms with Gasteiger partial charge in [-0.1, -0.05) is 46.3 Å². The molecule has 5 unspecified atom stereocenters. The van der Waals surface area contributed by atoms with Crippen molar-refractivity contribution in [3.63, 3.8) is 0 Å². The van der Waals surface area contributed by atoms with Crippen molar-refractivity contribution in [2.24, 2.45) is 39.9 Å². The molecule has 8 atom stereocenters. The zero-order valence-corrected chi connectivity index (χ0v) is 17.4. The Kier molecular flexibility index (Phi) is 4.17. The molecule has 0 saturated heterocycles. The first-order valence-electron chi connectivity index (χ1n) is 10.7. The third kappa shape index (κ3) is 2.24. The molecule has 0 radical (unpaired) electrons. The number of aliphatic hydroxyl groups is 1. The number of allylic oxidation sites excluding steroid dienone is 4. The molecule has 3 saturated carbocycles. The van der Waals surface area contributed by atoms with E-state index in [9.17, 15) is 14.7 Å². The topological polar surface area (TPSA) is 54.4 Å². The second-order valence-electron chi connectivity index (χ2n) is 10.3. The van der Waals surface area contributed by atoms with E-state index in [2.05, 4.69) is 33.8 Å². The third-order valence-corrected chi connectivity index (χ3v) is 9.57. The van der Waals surface area contributed by atoms with E-state index < -0.39 is 6.10 Å². The minimum atomic E-state index is -0.433. The van der Waals surface area contributed by atoms with Gasteiger partial charge in [-0.15, -0.1) is 0 Å². The number of Topliss-reactive ketones (excluding diaryl/α,β-unsaturated/α-hetero) is 1. The van der Waals surface area contributed by atoms with E-state index in [0.29, 0.717) is 36.4 Å². The first-order valence-corrected chi connectivity index (χ1v) is 10.7. The SMILES string of the molecule is CCC(=O)[C@@]1(C)[C@H](C)CC2C3CCC4=CC(=O)C=CC4(C)C3[C@@H](O)CC21C. The van der Waals surface area contributed by atoms with E-state index in [1.807, 2.05) is 6.92 Å². The van der Waals surface area contributed by atoms with E-state index in [-0.39, 0.29) is 27.9 Å². The summed E-state index contributed by atoms with van der Waals surface area (Å²) in [6.07, 6.45) is 9.41. The maximum Gasteiger partial charge on any atom is 0.178 e. The van der Waals surface area contributed by atoms with Crippen LogP contribution in [0.15, 0.2) is 23.8 Å². The van der Waals surface area contributed by atoms with Crippen LogP contribution in [0.4, 0.5) is 0 Å². The van der Waals surface area contributed by atoms with Crippen LogP contribution in [0.5, 0.6) is 0 Å². The molecule has 148 valence electrons. The summed E-state index contributed by atoms with van der Waals surface area (Å²) in [6, 6.07) is 0. The maximum atomic E-state index is 13.1. The van der Waals surface area contributed by atoms with Gasteiger partial charge in [0.15, 0.2) is 5.78 Å². The highest BCUT2D eigenvalue weighted by Crippen LogP contribution is 2.71. The summed E-state index contributed by atoms with van der Waals surface area (Å²) in [6.45, 7) is 10.9. The van der Waals surface area contributed by atoms with Gasteiger partial charge in [-0.2, -0.15) is 0 Å². The Hall–Kier alpha value is -1.22. The first-order chi connectivity index (χ1) is 12.6. The van der Waals surface area contributed by atoms with Crippen LogP contribution in [0.1, 0.15) is 66.7 Å². The van der Waals surface area contributed by atoms with Crippen molar-refractivity contribution < 1.29 is 14.7 Å². The summed E-state index contributed by atoms with van der Waals surface area (Å²) in [5.74, 6) is 1.80. The number of fused-ring (bicyclic) bond motifs is 5. The van der Waals surface area contributed by atoms with Gasteiger partial charge in [-0.05, 0) is 61.0 Å². The molecule has 4 rings (SSSR count). The van der Waals surface area contributed by atoms with Crippen LogP contribution in [-0.2, 0) is 9.59 Å². The average Bonchev–Trinajstić information content (AvgIpc) is 2.82. The number of aliphatic hydroxyl groups excluding tert-OH is 1. The Morgan fingerprint density at radius 2 is 2.00 bits per heavy atom. The van der Waals surface area contributed by atoms with Crippen molar-refractivity contribution >= 4 is 11.6 Å². The Bertz CT molecular complexity index is 749. The second kappa shape index (κ2) is 5.89. The molecule has 0 amide bonds. The normalized spacial score (nSPS) is 51.3. The quantitative estimate of drug-likeness (QED) is 0.779. The van der Waals surface area contributed by atoms with Crippen molar-refractivity contribution in [3.8, 4) is 0 Å². The summed E-state index contributed by atoms with van der Waals surface area (Å²) >= 11 is 0. The number of rotatable bonds is 2. The van der Waals surface area contributed by atoms with Gasteiger partial charge in [0.25, 0.3) is 0 Å². The fraction of sp³-hybridized carbons (Fsp3) is 0.750. The van der Waals surface area contributed by atoms with E-state index in [1.54, 1.807) is 12.2 Å². The van der Waals surface area contributed by atoms with Gasteiger partial charge in [0, 0.05) is 23.2 Å². The van der Waals surface area contributed by atoms with Gasteiger partial charge in [-0.3, -0.25) is 9.59 Å². The number of hydrogen-bond acceptors (Lipinski definition) is 3. The molecule has 0 heterocycles. The van der Waals surface area contributed by atoms with Gasteiger partial charge in [0.2, 0.25) is 0 Å². The van der Waals surface area contributed by atoms with E-state index in [4.69, 9.17) is 0 Å². The number of carbonyl (C=O) groups is 2. The molecule has 0 spiro atoms. The van der Waals surface area contributed by atoms with Gasteiger partial charge in [0.1, 0.15) is 5.78 Å². The molecule has 0 aliphatic heterocycles. The second-order valence-corrected chi connectivity index (χ2v) is 10.3. The van der Waals surface area contributed by atoms with E-state index in [0.717, 1.165) is 19.3 Å². The summed E-state index contributed by atoms with van der Waals surface area (Å²) in [4.78, 5) is 25.0. The minimum absolute atomic E-state index is 0.0756. The van der Waals surface area contributed by atoms with Crippen LogP contribution in [0.2, 0.25) is 0 Å². The van der Waals surface area contributed by atoms with Crippen molar-refractivity contribution in [1.29, 1.82) is 0 Å². The van der Waals surface area contributed by atoms with Gasteiger partial charge < -0.3 is 5.11 Å². The van der Waals surface area contributed by atoms with Crippen LogP contribution in [0.3, 0.4) is 0 Å². The number of ketones is 2. The molecule has 0 bridgehead atoms. The molecule has 0 aromatic carbocycles. The average molecular weight is 371 g/mol. The highest BCUT2D eigenvalue weighted by atomic mass is 16.3. The van der Waals surface area contributed by atoms with Crippen molar-refractivity contribution in [3.05, 3.63) is 23.8 Å². The summed E-state index contributed by atoms with van der Waals surface area (Å²) in [5, 5.41) is 11.4. The molecule has 0 aromatic heterocycles. The van der Waals surface area contributed by atoms with Gasteiger partial charge in [0.05, 0.1) is 6.10 Å². The molecule has 27 heavy (non-hydrogen) atoms. The van der Waals surface area contributed by atoms with Gasteiger partial charge in [-0.25, -0.2) is 0 Å². The Balaban J connectivity index is 1.78. The number of carbonyl (C=O) groups excluding carboxylic acids is 2. The minimum Gasteiger partial charge on any atom is -0.393 e. The van der Waals surface area contributed by atoms with Crippen LogP contribution in [0, 0.1) is 39.9 Å². The molecule has 3 fully saturated rings. The van der Waals surface area contributed by atoms with Crippen LogP contribution in [-0.4, -0.2) is 22.8 Å². The lowest BCUT2D eigenvalue weighted by molar-refractivity contribution is -0.155. The molecule has 3 heteroatoms. The lowest BCUT2D eigenvalue weighted by Gasteiger charge is -2.60. The molecule has 1 N–H and O–H groups in total. The summed E-state index contributed by atoms with van der Waals surface area (Å²) < 4.78 is 0. The monoisotopic (exact) mass is 370 g/mol. The van der Waals surface area contributed by atoms with Crippen LogP contribution in [0.25, 0.3) is 0 Å². The van der Waals surface area contributed by atoms with E-state index in [1.165, 1.54) is 5.57 Å². The predicted octanol–water partition coefficient (Wildman–Crippen LogP) is 4.50. The van der Waals surface area contributed by atoms with Gasteiger partial charge >= 0.3 is 0 Å². The van der Waals surface area contributed by atoms with Crippen LogP contribution >= 0.6 is 0 Å². The Morgan fingerprint density at radius 1 is 1.30 bits per heavy atom. The van der Waals surface area contributed by atoms with Crippen molar-refractivity contribution in [1.82, 2.24) is 0 Å². The smallest absolute Gasteiger partial charge is 0.178 e. The fourth-order valence-electron chi connectivity index (χ4n) is 7.84. The molecule has 0 aromatic rings. The fourth-order valence-corrected chi connectivity index (χ4v) is 7.84. The lowest BCUT2D eigenvalue weighted by Crippen LogP contribution is -2.58. The van der Waals surface area contributed by atoms with E-state index >= 15 is 0 Å². The Labute approximate surface area is 163 Å². The summed E-state index contributed by atoms with van der Waals surface area (Å²) in [7, 11) is 0. The van der Waals surface area contributed by atoms with Crippen molar-refractivity contribution in [2.75, 3.05) is 0 Å². The lowest BCUT2D eigenvalue weighted by atomic mass is 9.44. The standard InChI is InChI=1S/C24H34O3/c1-6-20(27)24(5)14(2)11-18-17-8-7-15-12-16(25)9-10-22(15,3)21(17)19(26)13-23(18,24)4/h9-10,12,14,17-19,21,26H,6-8,11,13H2,1-5H3/t14-,17?,18?,19+,21?,22?,23?,24-/m1/s1. The number of hydrogen-bond donors (Lipinski definition) is 1. The first kappa shape index (κ1) is 19.1. The molecular formula is C24H34O3. The zero-order chi connectivity index (χ0) is 19.8. The molecule has 3 nitrogen and oxygen atoms in total. The largest absolute Gasteiger partial charge is 0.393 e. The molecular weight excluding hydrogens is 336 g/mol. The third-order valence-electron chi connectivity index (χ3n) is 9.57. The van der Waals surface area contributed by atoms with Crippen molar-refractivity contribution in [2.45, 2.75) is 72.8 Å². The molecule has 4 aliphatic carbocycles. The predicted molar refractivity (Wildman–Crippen MR) is 106 cm³/mol.